The van der Waals surface area contributed by atoms with Crippen molar-refractivity contribution >= 4 is 11.9 Å². The molecule has 1 aromatic rings. The van der Waals surface area contributed by atoms with E-state index in [1.165, 1.54) is 18.4 Å². The van der Waals surface area contributed by atoms with E-state index in [1.54, 1.807) is 6.07 Å². The van der Waals surface area contributed by atoms with Crippen LogP contribution in [0, 0.1) is 5.92 Å². The molecule has 7 N–H and O–H groups in total. The highest BCUT2D eigenvalue weighted by Crippen LogP contribution is 2.58. The Bertz CT molecular complexity index is 912. The third kappa shape index (κ3) is 3.46. The molecule has 1 heterocycles. The number of piperidine rings is 1. The van der Waals surface area contributed by atoms with Crippen molar-refractivity contribution in [3.8, 4) is 5.75 Å². The number of benzene rings is 1. The second-order valence-corrected chi connectivity index (χ2v) is 10.0. The number of phenolic OH excluding ortho intramolecular Hbond substituents is 1. The molecule has 168 valence electrons. The minimum absolute atomic E-state index is 0.0640. The summed E-state index contributed by atoms with van der Waals surface area (Å²) in [6.45, 7) is 1.91. The smallest absolute Gasteiger partial charge is 0.242 e. The van der Waals surface area contributed by atoms with Gasteiger partial charge in [0.05, 0.1) is 5.60 Å². The first kappa shape index (κ1) is 20.6. The number of hydrogen-bond acceptors (Lipinski definition) is 5. The van der Waals surface area contributed by atoms with E-state index in [2.05, 4.69) is 15.2 Å². The van der Waals surface area contributed by atoms with Gasteiger partial charge in [-0.05, 0) is 80.7 Å². The summed E-state index contributed by atoms with van der Waals surface area (Å²) in [6.07, 6.45) is 6.21. The van der Waals surface area contributed by atoms with Crippen molar-refractivity contribution in [1.29, 1.82) is 0 Å². The molecule has 5 rings (SSSR count). The summed E-state index contributed by atoms with van der Waals surface area (Å²) in [7, 11) is 0. The minimum Gasteiger partial charge on any atom is -0.508 e. The van der Waals surface area contributed by atoms with E-state index < -0.39 is 11.0 Å². The standard InChI is InChI=1S/C23H33N5O3/c24-21(25)26-12-20(30)27-16-5-6-23(31)19-9-15-3-4-17(29)10-18(15)22(23,11-16)7-8-28(19)13-14-1-2-14/h3-4,10,14,16,19,29,31H,1-2,5-9,11-13H2,(H,27,30)(H4,24,25,26). The summed E-state index contributed by atoms with van der Waals surface area (Å²) in [5, 5.41) is 25.6. The number of likely N-dealkylation sites (tertiary alicyclic amines) is 1. The number of aliphatic imine (C=N–C) groups is 1. The Balaban J connectivity index is 1.47. The molecule has 1 aromatic carbocycles. The first-order valence-electron chi connectivity index (χ1n) is 11.4. The summed E-state index contributed by atoms with van der Waals surface area (Å²) in [4.78, 5) is 18.7. The van der Waals surface area contributed by atoms with Gasteiger partial charge in [0.2, 0.25) is 5.91 Å². The van der Waals surface area contributed by atoms with Gasteiger partial charge in [-0.15, -0.1) is 0 Å². The fourth-order valence-corrected chi connectivity index (χ4v) is 6.51. The summed E-state index contributed by atoms with van der Waals surface area (Å²) in [6, 6.07) is 5.62. The van der Waals surface area contributed by atoms with Crippen LogP contribution >= 0.6 is 0 Å². The summed E-state index contributed by atoms with van der Waals surface area (Å²) < 4.78 is 0. The van der Waals surface area contributed by atoms with Crippen molar-refractivity contribution in [1.82, 2.24) is 10.2 Å². The molecule has 8 heteroatoms. The molecule has 4 aliphatic rings. The Kier molecular flexibility index (Phi) is 4.90. The number of amides is 1. The molecule has 4 unspecified atom stereocenters. The molecule has 0 spiro atoms. The van der Waals surface area contributed by atoms with Crippen LogP contribution in [-0.2, 0) is 16.6 Å². The molecular formula is C23H33N5O3. The summed E-state index contributed by atoms with van der Waals surface area (Å²) in [5.41, 5.74) is 11.6. The van der Waals surface area contributed by atoms with Gasteiger partial charge in [0.15, 0.2) is 5.96 Å². The van der Waals surface area contributed by atoms with Crippen molar-refractivity contribution in [2.75, 3.05) is 19.6 Å². The van der Waals surface area contributed by atoms with Gasteiger partial charge in [-0.3, -0.25) is 9.69 Å². The van der Waals surface area contributed by atoms with Crippen molar-refractivity contribution in [3.05, 3.63) is 29.3 Å². The van der Waals surface area contributed by atoms with Crippen LogP contribution in [0.2, 0.25) is 0 Å². The Morgan fingerprint density at radius 3 is 2.81 bits per heavy atom. The van der Waals surface area contributed by atoms with Crippen LogP contribution in [0.4, 0.5) is 0 Å². The Labute approximate surface area is 182 Å². The molecule has 1 aliphatic heterocycles. The zero-order chi connectivity index (χ0) is 21.8. The summed E-state index contributed by atoms with van der Waals surface area (Å²) >= 11 is 0. The number of aromatic hydroxyl groups is 1. The maximum Gasteiger partial charge on any atom is 0.242 e. The van der Waals surface area contributed by atoms with Gasteiger partial charge >= 0.3 is 0 Å². The maximum atomic E-state index is 12.4. The van der Waals surface area contributed by atoms with Gasteiger partial charge in [0, 0.05) is 24.0 Å². The number of nitrogens with zero attached hydrogens (tertiary/aromatic N) is 2. The first-order chi connectivity index (χ1) is 14.8. The Hall–Kier alpha value is -2.32. The Morgan fingerprint density at radius 1 is 1.26 bits per heavy atom. The molecule has 1 saturated heterocycles. The minimum atomic E-state index is -0.859. The number of aliphatic hydroxyl groups is 1. The van der Waals surface area contributed by atoms with Gasteiger partial charge in [-0.25, -0.2) is 4.99 Å². The largest absolute Gasteiger partial charge is 0.508 e. The molecule has 1 amide bonds. The lowest BCUT2D eigenvalue weighted by Gasteiger charge is -2.65. The normalized spacial score (nSPS) is 34.4. The molecule has 0 aromatic heterocycles. The van der Waals surface area contributed by atoms with Crippen LogP contribution in [-0.4, -0.2) is 64.3 Å². The topological polar surface area (TPSA) is 137 Å². The molecule has 4 atom stereocenters. The number of guanidine groups is 1. The lowest BCUT2D eigenvalue weighted by molar-refractivity contribution is -0.171. The number of hydrogen-bond donors (Lipinski definition) is 5. The Morgan fingerprint density at radius 2 is 2.06 bits per heavy atom. The molecule has 2 bridgehead atoms. The number of phenols is 1. The average Bonchev–Trinajstić information content (AvgIpc) is 3.53. The van der Waals surface area contributed by atoms with Crippen LogP contribution in [0.15, 0.2) is 23.2 Å². The molecule has 0 radical (unpaired) electrons. The van der Waals surface area contributed by atoms with Crippen molar-refractivity contribution in [2.24, 2.45) is 22.4 Å². The zero-order valence-electron chi connectivity index (χ0n) is 17.9. The van der Waals surface area contributed by atoms with E-state index in [0.717, 1.165) is 37.4 Å². The van der Waals surface area contributed by atoms with Crippen LogP contribution < -0.4 is 16.8 Å². The number of fused-ring (bicyclic) bond motifs is 1. The van der Waals surface area contributed by atoms with Crippen molar-refractivity contribution < 1.29 is 15.0 Å². The van der Waals surface area contributed by atoms with Gasteiger partial charge in [-0.1, -0.05) is 6.07 Å². The molecule has 8 nitrogen and oxygen atoms in total. The van der Waals surface area contributed by atoms with E-state index in [0.29, 0.717) is 19.3 Å². The predicted octanol–water partition coefficient (Wildman–Crippen LogP) is 0.344. The molecule has 3 fully saturated rings. The van der Waals surface area contributed by atoms with Crippen LogP contribution in [0.5, 0.6) is 5.75 Å². The van der Waals surface area contributed by atoms with E-state index in [-0.39, 0.29) is 36.2 Å². The van der Waals surface area contributed by atoms with Crippen LogP contribution in [0.3, 0.4) is 0 Å². The highest BCUT2D eigenvalue weighted by atomic mass is 16.3. The third-order valence-electron chi connectivity index (χ3n) is 8.10. The second-order valence-electron chi connectivity index (χ2n) is 10.0. The second kappa shape index (κ2) is 7.38. The first-order valence-corrected chi connectivity index (χ1v) is 11.4. The van der Waals surface area contributed by atoms with Gasteiger partial charge in [0.1, 0.15) is 12.3 Å². The highest BCUT2D eigenvalue weighted by Gasteiger charge is 2.64. The SMILES string of the molecule is NC(N)=NCC(=O)NC1CCC2(O)C3Cc4ccc(O)cc4C2(CCN3CC2CC2)C1. The van der Waals surface area contributed by atoms with Gasteiger partial charge in [0.25, 0.3) is 0 Å². The number of carbonyl (C=O) groups is 1. The van der Waals surface area contributed by atoms with E-state index in [9.17, 15) is 15.0 Å². The monoisotopic (exact) mass is 427 g/mol. The van der Waals surface area contributed by atoms with Crippen molar-refractivity contribution in [3.63, 3.8) is 0 Å². The maximum absolute atomic E-state index is 12.4. The third-order valence-corrected chi connectivity index (χ3v) is 8.10. The predicted molar refractivity (Wildman–Crippen MR) is 118 cm³/mol. The van der Waals surface area contributed by atoms with Crippen LogP contribution in [0.1, 0.15) is 49.7 Å². The molecular weight excluding hydrogens is 394 g/mol. The molecule has 3 aliphatic carbocycles. The van der Waals surface area contributed by atoms with E-state index in [4.69, 9.17) is 11.5 Å². The number of nitrogens with two attached hydrogens (primary N) is 2. The van der Waals surface area contributed by atoms with E-state index in [1.807, 2.05) is 12.1 Å². The lowest BCUT2D eigenvalue weighted by atomic mass is 9.49. The molecule has 2 saturated carbocycles. The lowest BCUT2D eigenvalue weighted by Crippen LogP contribution is -2.74. The van der Waals surface area contributed by atoms with Crippen molar-refractivity contribution in [2.45, 2.75) is 68.0 Å². The number of carbonyl (C=O) groups excluding carboxylic acids is 1. The number of nitrogens with one attached hydrogen (secondary N) is 1. The quantitative estimate of drug-likeness (QED) is 0.340. The summed E-state index contributed by atoms with van der Waals surface area (Å²) in [5.74, 6) is 0.681. The average molecular weight is 428 g/mol. The molecule has 31 heavy (non-hydrogen) atoms. The van der Waals surface area contributed by atoms with E-state index >= 15 is 0 Å². The fraction of sp³-hybridized carbons (Fsp3) is 0.652. The van der Waals surface area contributed by atoms with Crippen LogP contribution in [0.25, 0.3) is 0 Å². The number of rotatable bonds is 5. The van der Waals surface area contributed by atoms with Gasteiger partial charge < -0.3 is 27.0 Å². The highest BCUT2D eigenvalue weighted by molar-refractivity contribution is 5.83. The fourth-order valence-electron chi connectivity index (χ4n) is 6.51. The zero-order valence-corrected chi connectivity index (χ0v) is 17.9. The van der Waals surface area contributed by atoms with Gasteiger partial charge in [-0.2, -0.15) is 0 Å².